The van der Waals surface area contributed by atoms with E-state index in [0.717, 1.165) is 5.56 Å². The zero-order valence-electron chi connectivity index (χ0n) is 20.1. The molecule has 2 rings (SSSR count). The van der Waals surface area contributed by atoms with E-state index in [1.807, 2.05) is 6.07 Å². The van der Waals surface area contributed by atoms with Gasteiger partial charge in [0.15, 0.2) is 0 Å². The lowest BCUT2D eigenvalue weighted by molar-refractivity contribution is -0.134. The van der Waals surface area contributed by atoms with Crippen LogP contribution < -0.4 is 32.3 Å². The topological polar surface area (TPSA) is 198 Å². The van der Waals surface area contributed by atoms with Crippen molar-refractivity contribution in [3.05, 3.63) is 35.9 Å². The largest absolute Gasteiger partial charge is 0.369 e. The Balaban J connectivity index is 1.78. The van der Waals surface area contributed by atoms with E-state index in [1.54, 1.807) is 24.3 Å². The van der Waals surface area contributed by atoms with Crippen LogP contribution in [0.2, 0.25) is 0 Å². The molecule has 37 heavy (non-hydrogen) atoms. The van der Waals surface area contributed by atoms with Gasteiger partial charge in [-0.3, -0.25) is 28.8 Å². The van der Waals surface area contributed by atoms with E-state index < -0.39 is 36.2 Å². The lowest BCUT2D eigenvalue weighted by Gasteiger charge is -2.32. The molecule has 0 radical (unpaired) electrons. The van der Waals surface area contributed by atoms with Crippen LogP contribution in [0.1, 0.15) is 18.4 Å². The molecule has 202 valence electrons. The van der Waals surface area contributed by atoms with E-state index in [0.29, 0.717) is 12.8 Å². The Bertz CT molecular complexity index is 972. The average Bonchev–Trinajstić information content (AvgIpc) is 2.85. The fourth-order valence-electron chi connectivity index (χ4n) is 3.30. The number of hydrogen-bond donors (Lipinski definition) is 6. The third-order valence-corrected chi connectivity index (χ3v) is 5.97. The van der Waals surface area contributed by atoms with E-state index in [2.05, 4.69) is 42.5 Å². The molecule has 0 saturated heterocycles. The molecular weight excluding hydrogens is 552 g/mol. The number of primary amides is 1. The zero-order chi connectivity index (χ0) is 27.2. The standard InChI is InChI=1S/C23H31BrN6O7/c24-9-18(31)26-10-19(32)27-12-21(34)30-17(6-14-4-2-1-3-5-14)23(36)28-11-20(33)29-13-37-16-7-15(8-16)22(25)35/h1-5,15-17H,6-13H2,(H2,25,35)(H,26,31)(H,27,32)(H,28,36)(H,29,33)(H,30,34)/t15?,16?,17-/m0/s1. The SMILES string of the molecule is NC(=O)C1CC(OCNC(=O)CNC(=O)[C@H](Cc2ccccc2)NC(=O)CNC(=O)CNC(=O)CBr)C1. The Morgan fingerprint density at radius 2 is 1.46 bits per heavy atom. The molecule has 0 unspecified atom stereocenters. The number of alkyl halides is 1. The van der Waals surface area contributed by atoms with Gasteiger partial charge in [-0.05, 0) is 18.4 Å². The Hall–Kier alpha value is -3.52. The number of hydrogen-bond acceptors (Lipinski definition) is 7. The van der Waals surface area contributed by atoms with Crippen molar-refractivity contribution in [2.45, 2.75) is 31.4 Å². The highest BCUT2D eigenvalue weighted by Gasteiger charge is 2.33. The number of carbonyl (C=O) groups excluding carboxylic acids is 6. The molecule has 1 saturated carbocycles. The average molecular weight is 583 g/mol. The number of halogens is 1. The van der Waals surface area contributed by atoms with Crippen LogP contribution in [0.25, 0.3) is 0 Å². The molecule has 13 nitrogen and oxygen atoms in total. The van der Waals surface area contributed by atoms with Gasteiger partial charge in [-0.2, -0.15) is 0 Å². The summed E-state index contributed by atoms with van der Waals surface area (Å²) in [7, 11) is 0. The first-order valence-corrected chi connectivity index (χ1v) is 12.7. The lowest BCUT2D eigenvalue weighted by atomic mass is 9.82. The Kier molecular flexibility index (Phi) is 12.5. The van der Waals surface area contributed by atoms with Gasteiger partial charge in [0.2, 0.25) is 35.4 Å². The second-order valence-electron chi connectivity index (χ2n) is 8.32. The quantitative estimate of drug-likeness (QED) is 0.0996. The van der Waals surface area contributed by atoms with E-state index in [4.69, 9.17) is 10.5 Å². The van der Waals surface area contributed by atoms with Gasteiger partial charge in [0, 0.05) is 12.3 Å². The first kappa shape index (κ1) is 29.7. The number of nitrogens with one attached hydrogen (secondary N) is 5. The minimum absolute atomic E-state index is 0.0417. The predicted molar refractivity (Wildman–Crippen MR) is 135 cm³/mol. The van der Waals surface area contributed by atoms with Gasteiger partial charge >= 0.3 is 0 Å². The fourth-order valence-corrected chi connectivity index (χ4v) is 3.50. The Labute approximate surface area is 222 Å². The molecule has 1 fully saturated rings. The van der Waals surface area contributed by atoms with E-state index in [-0.39, 0.29) is 55.4 Å². The van der Waals surface area contributed by atoms with Gasteiger partial charge < -0.3 is 37.1 Å². The minimum Gasteiger partial charge on any atom is -0.369 e. The first-order chi connectivity index (χ1) is 17.7. The molecule has 0 spiro atoms. The fraction of sp³-hybridized carbons (Fsp3) is 0.478. The second kappa shape index (κ2) is 15.6. The summed E-state index contributed by atoms with van der Waals surface area (Å²) in [4.78, 5) is 71.2. The molecule has 1 atom stereocenters. The molecular formula is C23H31BrN6O7. The van der Waals surface area contributed by atoms with Gasteiger partial charge in [0.05, 0.1) is 31.1 Å². The monoisotopic (exact) mass is 582 g/mol. The van der Waals surface area contributed by atoms with Crippen LogP contribution in [0, 0.1) is 5.92 Å². The molecule has 14 heteroatoms. The number of amides is 6. The summed E-state index contributed by atoms with van der Waals surface area (Å²) in [6.07, 6.45) is 1.02. The van der Waals surface area contributed by atoms with Crippen molar-refractivity contribution >= 4 is 51.4 Å². The third kappa shape index (κ3) is 11.4. The number of nitrogens with two attached hydrogens (primary N) is 1. The van der Waals surface area contributed by atoms with Gasteiger partial charge in [-0.15, -0.1) is 0 Å². The van der Waals surface area contributed by atoms with Crippen LogP contribution in [0.3, 0.4) is 0 Å². The number of rotatable bonds is 15. The smallest absolute Gasteiger partial charge is 0.243 e. The highest BCUT2D eigenvalue weighted by atomic mass is 79.9. The van der Waals surface area contributed by atoms with Crippen LogP contribution in [-0.4, -0.2) is 79.3 Å². The molecule has 0 aliphatic heterocycles. The highest BCUT2D eigenvalue weighted by Crippen LogP contribution is 2.29. The summed E-state index contributed by atoms with van der Waals surface area (Å²) in [6, 6.07) is 7.95. The van der Waals surface area contributed by atoms with Crippen LogP contribution in [0.5, 0.6) is 0 Å². The van der Waals surface area contributed by atoms with Gasteiger partial charge in [-0.25, -0.2) is 0 Å². The molecule has 0 heterocycles. The maximum absolute atomic E-state index is 12.8. The summed E-state index contributed by atoms with van der Waals surface area (Å²) in [5.41, 5.74) is 5.98. The van der Waals surface area contributed by atoms with E-state index in [1.165, 1.54) is 0 Å². The summed E-state index contributed by atoms with van der Waals surface area (Å²) in [5.74, 6) is -3.23. The zero-order valence-corrected chi connectivity index (χ0v) is 21.7. The molecule has 1 aliphatic carbocycles. The van der Waals surface area contributed by atoms with Crippen molar-refractivity contribution in [1.29, 1.82) is 0 Å². The van der Waals surface area contributed by atoms with Gasteiger partial charge in [-0.1, -0.05) is 46.3 Å². The summed E-state index contributed by atoms with van der Waals surface area (Å²) in [6.45, 7) is -1.12. The van der Waals surface area contributed by atoms with Crippen molar-refractivity contribution in [3.8, 4) is 0 Å². The number of benzene rings is 1. The second-order valence-corrected chi connectivity index (χ2v) is 8.88. The van der Waals surface area contributed by atoms with Crippen LogP contribution >= 0.6 is 15.9 Å². The van der Waals surface area contributed by atoms with Crippen molar-refractivity contribution in [3.63, 3.8) is 0 Å². The van der Waals surface area contributed by atoms with E-state index in [9.17, 15) is 28.8 Å². The van der Waals surface area contributed by atoms with Crippen molar-refractivity contribution in [2.75, 3.05) is 31.7 Å². The van der Waals surface area contributed by atoms with E-state index >= 15 is 0 Å². The molecule has 0 aromatic heterocycles. The Morgan fingerprint density at radius 3 is 2.11 bits per heavy atom. The lowest BCUT2D eigenvalue weighted by Crippen LogP contribution is -2.52. The highest BCUT2D eigenvalue weighted by molar-refractivity contribution is 9.09. The number of ether oxygens (including phenoxy) is 1. The maximum atomic E-state index is 12.8. The normalized spacial score (nSPS) is 16.9. The minimum atomic E-state index is -1.01. The van der Waals surface area contributed by atoms with Crippen LogP contribution in [0.4, 0.5) is 0 Å². The molecule has 1 aliphatic rings. The van der Waals surface area contributed by atoms with Crippen molar-refractivity contribution in [2.24, 2.45) is 11.7 Å². The van der Waals surface area contributed by atoms with Crippen molar-refractivity contribution < 1.29 is 33.5 Å². The molecule has 7 N–H and O–H groups in total. The third-order valence-electron chi connectivity index (χ3n) is 5.46. The molecule has 0 bridgehead atoms. The van der Waals surface area contributed by atoms with Gasteiger partial charge in [0.25, 0.3) is 0 Å². The molecule has 1 aromatic carbocycles. The van der Waals surface area contributed by atoms with Crippen molar-refractivity contribution in [1.82, 2.24) is 26.6 Å². The summed E-state index contributed by atoms with van der Waals surface area (Å²) >= 11 is 2.95. The van der Waals surface area contributed by atoms with Crippen LogP contribution in [-0.2, 0) is 39.9 Å². The first-order valence-electron chi connectivity index (χ1n) is 11.6. The predicted octanol–water partition coefficient (Wildman–Crippen LogP) is -2.19. The summed E-state index contributed by atoms with van der Waals surface area (Å²) in [5, 5.41) is 12.3. The summed E-state index contributed by atoms with van der Waals surface area (Å²) < 4.78 is 5.43. The van der Waals surface area contributed by atoms with Crippen LogP contribution in [0.15, 0.2) is 30.3 Å². The Morgan fingerprint density at radius 1 is 0.865 bits per heavy atom. The number of carbonyl (C=O) groups is 6. The van der Waals surface area contributed by atoms with Gasteiger partial charge in [0.1, 0.15) is 12.8 Å². The maximum Gasteiger partial charge on any atom is 0.243 e. The molecule has 1 aromatic rings. The molecule has 6 amide bonds.